The van der Waals surface area contributed by atoms with Crippen LogP contribution in [-0.4, -0.2) is 27.6 Å². The van der Waals surface area contributed by atoms with Crippen LogP contribution in [0.25, 0.3) is 0 Å². The summed E-state index contributed by atoms with van der Waals surface area (Å²) in [5, 5.41) is 4.42. The van der Waals surface area contributed by atoms with Crippen LogP contribution < -0.4 is 0 Å². The largest absolute Gasteiger partial charge is 0.341 e. The van der Waals surface area contributed by atoms with E-state index in [4.69, 9.17) is 0 Å². The lowest BCUT2D eigenvalue weighted by molar-refractivity contribution is -0.130. The average molecular weight is 339 g/mol. The molecule has 0 N–H and O–H groups in total. The summed E-state index contributed by atoms with van der Waals surface area (Å²) in [6.45, 7) is 1.40. The maximum atomic E-state index is 12.4. The van der Waals surface area contributed by atoms with Crippen LogP contribution in [0.3, 0.4) is 0 Å². The molecular weight excluding hydrogens is 310 g/mol. The second-order valence-corrected chi connectivity index (χ2v) is 7.32. The molecule has 1 saturated carbocycles. The van der Waals surface area contributed by atoms with Crippen molar-refractivity contribution in [3.8, 4) is 0 Å². The molecule has 1 aliphatic rings. The Morgan fingerprint density at radius 3 is 2.68 bits per heavy atom. The quantitative estimate of drug-likeness (QED) is 0.756. The van der Waals surface area contributed by atoms with Crippen molar-refractivity contribution < 1.29 is 4.79 Å². The van der Waals surface area contributed by atoms with Crippen LogP contribution in [0.1, 0.15) is 56.1 Å². The first-order valence-electron chi connectivity index (χ1n) is 9.50. The van der Waals surface area contributed by atoms with Crippen molar-refractivity contribution in [3.05, 3.63) is 53.9 Å². The number of hydrogen-bond donors (Lipinski definition) is 0. The molecule has 0 spiro atoms. The molecule has 1 aromatic carbocycles. The zero-order valence-corrected chi connectivity index (χ0v) is 15.2. The Morgan fingerprint density at radius 2 is 1.92 bits per heavy atom. The van der Waals surface area contributed by atoms with E-state index in [9.17, 15) is 4.79 Å². The number of carbonyl (C=O) groups is 1. The van der Waals surface area contributed by atoms with Gasteiger partial charge in [-0.3, -0.25) is 9.48 Å². The normalized spacial score (nSPS) is 15.2. The summed E-state index contributed by atoms with van der Waals surface area (Å²) in [4.78, 5) is 14.2. The van der Waals surface area contributed by atoms with Gasteiger partial charge in [-0.05, 0) is 17.9 Å². The molecule has 2 aromatic rings. The standard InChI is InChI=1S/C21H29N3O/c1-23(21(25)13-12-18-8-4-2-5-9-18)15-20-14-22-24(17-20)16-19-10-6-3-7-11-19/h3,6-7,10-11,14,17-18H,2,4-5,8-9,12-13,15-16H2,1H3. The van der Waals surface area contributed by atoms with Gasteiger partial charge in [-0.1, -0.05) is 62.4 Å². The Labute approximate surface area is 150 Å². The second kappa shape index (κ2) is 8.84. The predicted molar refractivity (Wildman–Crippen MR) is 100 cm³/mol. The molecule has 0 aliphatic heterocycles. The smallest absolute Gasteiger partial charge is 0.222 e. The Kier molecular flexibility index (Phi) is 6.26. The van der Waals surface area contributed by atoms with Gasteiger partial charge < -0.3 is 4.90 Å². The van der Waals surface area contributed by atoms with E-state index in [0.29, 0.717) is 13.0 Å². The number of hydrogen-bond acceptors (Lipinski definition) is 2. The zero-order valence-electron chi connectivity index (χ0n) is 15.2. The van der Waals surface area contributed by atoms with Gasteiger partial charge in [-0.2, -0.15) is 5.10 Å². The lowest BCUT2D eigenvalue weighted by Crippen LogP contribution is -2.26. The SMILES string of the molecule is CN(Cc1cnn(Cc2ccccc2)c1)C(=O)CCC1CCCCC1. The number of rotatable bonds is 7. The summed E-state index contributed by atoms with van der Waals surface area (Å²) < 4.78 is 1.94. The van der Waals surface area contributed by atoms with E-state index in [1.807, 2.05) is 47.2 Å². The fraction of sp³-hybridized carbons (Fsp3) is 0.524. The molecule has 4 heteroatoms. The van der Waals surface area contributed by atoms with Crippen molar-refractivity contribution >= 4 is 5.91 Å². The highest BCUT2D eigenvalue weighted by Crippen LogP contribution is 2.27. The first-order chi connectivity index (χ1) is 12.2. The molecule has 1 amide bonds. The molecule has 3 rings (SSSR count). The summed E-state index contributed by atoms with van der Waals surface area (Å²) in [6, 6.07) is 10.3. The topological polar surface area (TPSA) is 38.1 Å². The highest BCUT2D eigenvalue weighted by Gasteiger charge is 2.17. The minimum atomic E-state index is 0.251. The highest BCUT2D eigenvalue weighted by atomic mass is 16.2. The third kappa shape index (κ3) is 5.45. The molecule has 0 unspecified atom stereocenters. The molecule has 134 valence electrons. The van der Waals surface area contributed by atoms with Crippen LogP contribution in [0.5, 0.6) is 0 Å². The molecule has 1 aromatic heterocycles. The van der Waals surface area contributed by atoms with Gasteiger partial charge in [0.25, 0.3) is 0 Å². The van der Waals surface area contributed by atoms with Crippen molar-refractivity contribution in [2.75, 3.05) is 7.05 Å². The molecule has 4 nitrogen and oxygen atoms in total. The van der Waals surface area contributed by atoms with Crippen molar-refractivity contribution in [2.24, 2.45) is 5.92 Å². The Bertz CT molecular complexity index is 659. The monoisotopic (exact) mass is 339 g/mol. The molecule has 0 radical (unpaired) electrons. The van der Waals surface area contributed by atoms with Gasteiger partial charge in [0, 0.05) is 31.8 Å². The zero-order chi connectivity index (χ0) is 17.5. The Morgan fingerprint density at radius 1 is 1.16 bits per heavy atom. The van der Waals surface area contributed by atoms with Gasteiger partial charge in [-0.25, -0.2) is 0 Å². The van der Waals surface area contributed by atoms with Crippen LogP contribution in [0.15, 0.2) is 42.7 Å². The first kappa shape index (κ1) is 17.7. The van der Waals surface area contributed by atoms with E-state index >= 15 is 0 Å². The molecule has 0 saturated heterocycles. The number of carbonyl (C=O) groups excluding carboxylic acids is 1. The van der Waals surface area contributed by atoms with E-state index in [2.05, 4.69) is 17.2 Å². The van der Waals surface area contributed by atoms with Gasteiger partial charge in [0.2, 0.25) is 5.91 Å². The molecular formula is C21H29N3O. The van der Waals surface area contributed by atoms with Crippen molar-refractivity contribution in [2.45, 2.75) is 58.0 Å². The summed E-state index contributed by atoms with van der Waals surface area (Å²) in [7, 11) is 1.90. The molecule has 1 aliphatic carbocycles. The van der Waals surface area contributed by atoms with E-state index < -0.39 is 0 Å². The van der Waals surface area contributed by atoms with Gasteiger partial charge in [0.05, 0.1) is 12.7 Å². The van der Waals surface area contributed by atoms with Crippen LogP contribution in [0.2, 0.25) is 0 Å². The van der Waals surface area contributed by atoms with Crippen LogP contribution in [0.4, 0.5) is 0 Å². The van der Waals surface area contributed by atoms with Crippen molar-refractivity contribution in [1.82, 2.24) is 14.7 Å². The summed E-state index contributed by atoms with van der Waals surface area (Å²) in [5.41, 5.74) is 2.32. The summed E-state index contributed by atoms with van der Waals surface area (Å²) >= 11 is 0. The fourth-order valence-corrected chi connectivity index (χ4v) is 3.70. The average Bonchev–Trinajstić information content (AvgIpc) is 3.08. The van der Waals surface area contributed by atoms with Crippen LogP contribution in [0, 0.1) is 5.92 Å². The van der Waals surface area contributed by atoms with E-state index in [0.717, 1.165) is 24.4 Å². The van der Waals surface area contributed by atoms with Gasteiger partial charge in [0.15, 0.2) is 0 Å². The maximum Gasteiger partial charge on any atom is 0.222 e. The lowest BCUT2D eigenvalue weighted by Gasteiger charge is -2.22. The first-order valence-corrected chi connectivity index (χ1v) is 9.50. The Balaban J connectivity index is 1.45. The number of nitrogens with zero attached hydrogens (tertiary/aromatic N) is 3. The van der Waals surface area contributed by atoms with Gasteiger partial charge in [-0.15, -0.1) is 0 Å². The number of benzene rings is 1. The van der Waals surface area contributed by atoms with Crippen LogP contribution >= 0.6 is 0 Å². The van der Waals surface area contributed by atoms with Gasteiger partial charge >= 0.3 is 0 Å². The molecule has 25 heavy (non-hydrogen) atoms. The molecule has 0 atom stereocenters. The molecule has 0 bridgehead atoms. The number of amides is 1. The second-order valence-electron chi connectivity index (χ2n) is 7.32. The summed E-state index contributed by atoms with van der Waals surface area (Å²) in [6.07, 6.45) is 12.3. The highest BCUT2D eigenvalue weighted by molar-refractivity contribution is 5.75. The van der Waals surface area contributed by atoms with Crippen LogP contribution in [-0.2, 0) is 17.9 Å². The Hall–Kier alpha value is -2.10. The maximum absolute atomic E-state index is 12.4. The minimum absolute atomic E-state index is 0.251. The minimum Gasteiger partial charge on any atom is -0.341 e. The van der Waals surface area contributed by atoms with E-state index in [1.54, 1.807) is 0 Å². The summed E-state index contributed by atoms with van der Waals surface area (Å²) in [5.74, 6) is 1.01. The van der Waals surface area contributed by atoms with E-state index in [-0.39, 0.29) is 5.91 Å². The lowest BCUT2D eigenvalue weighted by atomic mass is 9.86. The molecule has 1 heterocycles. The van der Waals surface area contributed by atoms with Gasteiger partial charge in [0.1, 0.15) is 0 Å². The molecule has 1 fully saturated rings. The third-order valence-corrected chi connectivity index (χ3v) is 5.21. The van der Waals surface area contributed by atoms with Crippen molar-refractivity contribution in [3.63, 3.8) is 0 Å². The third-order valence-electron chi connectivity index (χ3n) is 5.21. The predicted octanol–water partition coefficient (Wildman–Crippen LogP) is 4.25. The van der Waals surface area contributed by atoms with Crippen molar-refractivity contribution in [1.29, 1.82) is 0 Å². The fourth-order valence-electron chi connectivity index (χ4n) is 3.70. The number of aromatic nitrogens is 2. The van der Waals surface area contributed by atoms with E-state index in [1.165, 1.54) is 37.7 Å².